The fourth-order valence-electron chi connectivity index (χ4n) is 2.08. The molecule has 0 bridgehead atoms. The highest BCUT2D eigenvalue weighted by atomic mass is 35.5. The minimum atomic E-state index is -3.45. The van der Waals surface area contributed by atoms with Crippen molar-refractivity contribution in [2.45, 2.75) is 45.1 Å². The molecule has 6 heteroatoms. The van der Waals surface area contributed by atoms with E-state index >= 15 is 0 Å². The number of nitrogens with one attached hydrogen (secondary N) is 1. The summed E-state index contributed by atoms with van der Waals surface area (Å²) in [6.07, 6.45) is 1.84. The lowest BCUT2D eigenvalue weighted by Crippen LogP contribution is -2.31. The Morgan fingerprint density at radius 1 is 1.19 bits per heavy atom. The minimum absolute atomic E-state index is 0.266. The fraction of sp³-hybridized carbons (Fsp3) is 0.600. The second-order valence-corrected chi connectivity index (χ2v) is 7.27. The third kappa shape index (κ3) is 4.95. The first-order valence-electron chi connectivity index (χ1n) is 7.46. The van der Waals surface area contributed by atoms with Gasteiger partial charge in [0, 0.05) is 24.7 Å². The number of benzene rings is 1. The van der Waals surface area contributed by atoms with Gasteiger partial charge in [-0.1, -0.05) is 38.4 Å². The van der Waals surface area contributed by atoms with Gasteiger partial charge in [0.1, 0.15) is 0 Å². The third-order valence-corrected chi connectivity index (χ3v) is 5.55. The van der Waals surface area contributed by atoms with Gasteiger partial charge in [0.15, 0.2) is 0 Å². The number of hydrogen-bond acceptors (Lipinski definition) is 3. The SMILES string of the molecule is CCCNCc1ccc(S(=O)(=O)N(CC)CCC)cc1Cl. The van der Waals surface area contributed by atoms with Crippen LogP contribution in [-0.2, 0) is 16.6 Å². The van der Waals surface area contributed by atoms with Gasteiger partial charge >= 0.3 is 0 Å². The van der Waals surface area contributed by atoms with E-state index in [9.17, 15) is 8.42 Å². The third-order valence-electron chi connectivity index (χ3n) is 3.23. The van der Waals surface area contributed by atoms with E-state index in [0.29, 0.717) is 24.7 Å². The van der Waals surface area contributed by atoms with Crippen LogP contribution in [0, 0.1) is 0 Å². The molecule has 0 saturated carbocycles. The van der Waals surface area contributed by atoms with E-state index in [-0.39, 0.29) is 4.90 Å². The Kier molecular flexibility index (Phi) is 7.66. The van der Waals surface area contributed by atoms with Crippen LogP contribution in [0.4, 0.5) is 0 Å². The molecule has 21 heavy (non-hydrogen) atoms. The Hall–Kier alpha value is -0.620. The van der Waals surface area contributed by atoms with E-state index in [1.165, 1.54) is 4.31 Å². The predicted molar refractivity (Wildman–Crippen MR) is 88.2 cm³/mol. The van der Waals surface area contributed by atoms with Crippen molar-refractivity contribution in [3.63, 3.8) is 0 Å². The highest BCUT2D eigenvalue weighted by Crippen LogP contribution is 2.23. The monoisotopic (exact) mass is 332 g/mol. The first-order valence-corrected chi connectivity index (χ1v) is 9.28. The molecule has 1 N–H and O–H groups in total. The standard InChI is InChI=1S/C15H25ClN2O2S/c1-4-9-17-12-13-7-8-14(11-15(13)16)21(19,20)18(6-3)10-5-2/h7-8,11,17H,4-6,9-10,12H2,1-3H3. The quantitative estimate of drug-likeness (QED) is 0.706. The van der Waals surface area contributed by atoms with Crippen LogP contribution in [-0.4, -0.2) is 32.4 Å². The first kappa shape index (κ1) is 18.4. The Morgan fingerprint density at radius 2 is 1.90 bits per heavy atom. The molecule has 0 aliphatic rings. The molecule has 0 unspecified atom stereocenters. The van der Waals surface area contributed by atoms with Gasteiger partial charge in [0.25, 0.3) is 0 Å². The van der Waals surface area contributed by atoms with Crippen molar-refractivity contribution in [3.8, 4) is 0 Å². The van der Waals surface area contributed by atoms with Crippen molar-refractivity contribution < 1.29 is 8.42 Å². The van der Waals surface area contributed by atoms with Crippen LogP contribution in [0.3, 0.4) is 0 Å². The zero-order valence-electron chi connectivity index (χ0n) is 13.0. The molecule has 0 aliphatic heterocycles. The molecule has 1 rings (SSSR count). The molecule has 1 aromatic carbocycles. The number of rotatable bonds is 9. The fourth-order valence-corrected chi connectivity index (χ4v) is 3.96. The van der Waals surface area contributed by atoms with Gasteiger partial charge in [-0.25, -0.2) is 8.42 Å². The Balaban J connectivity index is 2.96. The van der Waals surface area contributed by atoms with E-state index in [4.69, 9.17) is 11.6 Å². The maximum absolute atomic E-state index is 12.5. The number of nitrogens with zero attached hydrogens (tertiary/aromatic N) is 1. The molecule has 4 nitrogen and oxygen atoms in total. The van der Waals surface area contributed by atoms with Gasteiger partial charge in [-0.15, -0.1) is 0 Å². The number of sulfonamides is 1. The Labute approximate surface area is 133 Å². The molecule has 0 heterocycles. The van der Waals surface area contributed by atoms with Crippen molar-refractivity contribution in [2.24, 2.45) is 0 Å². The van der Waals surface area contributed by atoms with Crippen molar-refractivity contribution in [2.75, 3.05) is 19.6 Å². The molecule has 1 aromatic rings. The summed E-state index contributed by atoms with van der Waals surface area (Å²) in [5.74, 6) is 0. The van der Waals surface area contributed by atoms with Gasteiger partial charge in [0.05, 0.1) is 4.90 Å². The van der Waals surface area contributed by atoms with Gasteiger partial charge in [-0.05, 0) is 37.1 Å². The molecule has 0 atom stereocenters. The van der Waals surface area contributed by atoms with Crippen LogP contribution in [0.5, 0.6) is 0 Å². The summed E-state index contributed by atoms with van der Waals surface area (Å²) >= 11 is 6.22. The molecule has 0 saturated heterocycles. The Morgan fingerprint density at radius 3 is 2.43 bits per heavy atom. The lowest BCUT2D eigenvalue weighted by atomic mass is 10.2. The first-order chi connectivity index (χ1) is 9.97. The maximum Gasteiger partial charge on any atom is 0.243 e. The van der Waals surface area contributed by atoms with Gasteiger partial charge < -0.3 is 5.32 Å². The zero-order valence-corrected chi connectivity index (χ0v) is 14.6. The molecule has 0 fully saturated rings. The van der Waals surface area contributed by atoms with Gasteiger partial charge in [0.2, 0.25) is 10.0 Å². The molecular formula is C15H25ClN2O2S. The number of hydrogen-bond donors (Lipinski definition) is 1. The summed E-state index contributed by atoms with van der Waals surface area (Å²) in [5.41, 5.74) is 0.919. The average molecular weight is 333 g/mol. The van der Waals surface area contributed by atoms with E-state index in [1.54, 1.807) is 18.2 Å². The number of halogens is 1. The molecule has 0 amide bonds. The van der Waals surface area contributed by atoms with Crippen molar-refractivity contribution >= 4 is 21.6 Å². The smallest absolute Gasteiger partial charge is 0.243 e. The summed E-state index contributed by atoms with van der Waals surface area (Å²) in [5, 5.41) is 3.75. The average Bonchev–Trinajstić information content (AvgIpc) is 2.46. The van der Waals surface area contributed by atoms with Crippen LogP contribution >= 0.6 is 11.6 Å². The highest BCUT2D eigenvalue weighted by molar-refractivity contribution is 7.89. The van der Waals surface area contributed by atoms with Crippen molar-refractivity contribution in [1.82, 2.24) is 9.62 Å². The second-order valence-electron chi connectivity index (χ2n) is 4.93. The maximum atomic E-state index is 12.5. The highest BCUT2D eigenvalue weighted by Gasteiger charge is 2.22. The summed E-state index contributed by atoms with van der Waals surface area (Å²) in [6.45, 7) is 8.46. The topological polar surface area (TPSA) is 49.4 Å². The van der Waals surface area contributed by atoms with E-state index < -0.39 is 10.0 Å². The van der Waals surface area contributed by atoms with Crippen LogP contribution in [0.25, 0.3) is 0 Å². The lowest BCUT2D eigenvalue weighted by molar-refractivity contribution is 0.427. The minimum Gasteiger partial charge on any atom is -0.313 e. The molecular weight excluding hydrogens is 308 g/mol. The molecule has 0 radical (unpaired) electrons. The molecule has 0 aromatic heterocycles. The normalized spacial score (nSPS) is 12.0. The van der Waals surface area contributed by atoms with Gasteiger partial charge in [-0.2, -0.15) is 4.31 Å². The van der Waals surface area contributed by atoms with E-state index in [1.807, 2.05) is 13.8 Å². The summed E-state index contributed by atoms with van der Waals surface area (Å²) in [4.78, 5) is 0.266. The molecule has 0 aliphatic carbocycles. The van der Waals surface area contributed by atoms with Crippen LogP contribution in [0.2, 0.25) is 5.02 Å². The van der Waals surface area contributed by atoms with Gasteiger partial charge in [-0.3, -0.25) is 0 Å². The van der Waals surface area contributed by atoms with Crippen molar-refractivity contribution in [1.29, 1.82) is 0 Å². The van der Waals surface area contributed by atoms with Crippen LogP contribution in [0.1, 0.15) is 39.2 Å². The molecule has 0 spiro atoms. The van der Waals surface area contributed by atoms with Crippen molar-refractivity contribution in [3.05, 3.63) is 28.8 Å². The summed E-state index contributed by atoms with van der Waals surface area (Å²) < 4.78 is 26.5. The lowest BCUT2D eigenvalue weighted by Gasteiger charge is -2.20. The Bertz CT molecular complexity index is 547. The predicted octanol–water partition coefficient (Wildman–Crippen LogP) is 3.26. The second kappa shape index (κ2) is 8.73. The van der Waals surface area contributed by atoms with Crippen LogP contribution in [0.15, 0.2) is 23.1 Å². The summed E-state index contributed by atoms with van der Waals surface area (Å²) in [6, 6.07) is 4.98. The molecule has 120 valence electrons. The largest absolute Gasteiger partial charge is 0.313 e. The zero-order chi connectivity index (χ0) is 15.9. The summed E-state index contributed by atoms with van der Waals surface area (Å²) in [7, 11) is -3.45. The van der Waals surface area contributed by atoms with Crippen LogP contribution < -0.4 is 5.32 Å². The van der Waals surface area contributed by atoms with E-state index in [0.717, 1.165) is 24.9 Å². The van der Waals surface area contributed by atoms with E-state index in [2.05, 4.69) is 12.2 Å².